The van der Waals surface area contributed by atoms with Crippen molar-refractivity contribution in [2.75, 3.05) is 6.54 Å². The number of halogens is 1. The summed E-state index contributed by atoms with van der Waals surface area (Å²) in [5, 5.41) is 0. The average molecular weight is 210 g/mol. The van der Waals surface area contributed by atoms with Crippen molar-refractivity contribution in [3.05, 3.63) is 35.6 Å². The van der Waals surface area contributed by atoms with Crippen LogP contribution in [0.3, 0.4) is 0 Å². The lowest BCUT2D eigenvalue weighted by Crippen LogP contribution is -2.31. The highest BCUT2D eigenvalue weighted by molar-refractivity contribution is 5.20. The van der Waals surface area contributed by atoms with E-state index in [2.05, 4.69) is 13.8 Å². The fraction of sp³-hybridized carbons (Fsp3) is 0.500. The molecule has 1 aromatic carbocycles. The predicted octanol–water partition coefficient (Wildman–Crippen LogP) is 2.06. The summed E-state index contributed by atoms with van der Waals surface area (Å²) >= 11 is 0. The van der Waals surface area contributed by atoms with Gasteiger partial charge in [-0.05, 0) is 36.1 Å². The summed E-state index contributed by atoms with van der Waals surface area (Å²) in [6, 6.07) is 6.21. The van der Waals surface area contributed by atoms with Crippen molar-refractivity contribution >= 4 is 0 Å². The Hall–Kier alpha value is -0.930. The van der Waals surface area contributed by atoms with E-state index in [9.17, 15) is 4.39 Å². The van der Waals surface area contributed by atoms with Crippen LogP contribution in [0.2, 0.25) is 0 Å². The van der Waals surface area contributed by atoms with Gasteiger partial charge < -0.3 is 11.5 Å². The van der Waals surface area contributed by atoms with Crippen molar-refractivity contribution in [1.29, 1.82) is 0 Å². The molecule has 4 N–H and O–H groups in total. The second-order valence-corrected chi connectivity index (χ2v) is 4.22. The fourth-order valence-electron chi connectivity index (χ4n) is 1.77. The van der Waals surface area contributed by atoms with Crippen LogP contribution in [0, 0.1) is 17.7 Å². The van der Waals surface area contributed by atoms with Gasteiger partial charge in [-0.2, -0.15) is 0 Å². The molecule has 0 aliphatic rings. The van der Waals surface area contributed by atoms with Gasteiger partial charge in [-0.15, -0.1) is 0 Å². The molecule has 0 saturated carbocycles. The van der Waals surface area contributed by atoms with Crippen LogP contribution >= 0.6 is 0 Å². The molecule has 0 spiro atoms. The van der Waals surface area contributed by atoms with Gasteiger partial charge in [-0.1, -0.05) is 26.0 Å². The first-order chi connectivity index (χ1) is 7.06. The third-order valence-corrected chi connectivity index (χ3v) is 2.84. The minimum atomic E-state index is -0.236. The molecule has 15 heavy (non-hydrogen) atoms. The van der Waals surface area contributed by atoms with Gasteiger partial charge in [0.05, 0.1) is 0 Å². The van der Waals surface area contributed by atoms with Crippen LogP contribution < -0.4 is 11.5 Å². The molecule has 0 aliphatic heterocycles. The van der Waals surface area contributed by atoms with Crippen LogP contribution in [-0.2, 0) is 0 Å². The molecule has 0 amide bonds. The van der Waals surface area contributed by atoms with Crippen molar-refractivity contribution in [2.24, 2.45) is 23.3 Å². The van der Waals surface area contributed by atoms with Crippen molar-refractivity contribution in [1.82, 2.24) is 0 Å². The van der Waals surface area contributed by atoms with Crippen LogP contribution in [0.5, 0.6) is 0 Å². The normalized spacial score (nSPS) is 15.3. The zero-order chi connectivity index (χ0) is 11.4. The first-order valence-electron chi connectivity index (χ1n) is 5.27. The van der Waals surface area contributed by atoms with Gasteiger partial charge >= 0.3 is 0 Å². The zero-order valence-corrected chi connectivity index (χ0v) is 9.28. The Labute approximate surface area is 90.5 Å². The van der Waals surface area contributed by atoms with E-state index >= 15 is 0 Å². The lowest BCUT2D eigenvalue weighted by molar-refractivity contribution is 0.331. The summed E-state index contributed by atoms with van der Waals surface area (Å²) in [6.07, 6.45) is 0. The van der Waals surface area contributed by atoms with E-state index in [1.54, 1.807) is 12.1 Å². The van der Waals surface area contributed by atoms with Gasteiger partial charge in [-0.25, -0.2) is 4.39 Å². The topological polar surface area (TPSA) is 52.0 Å². The van der Waals surface area contributed by atoms with E-state index in [1.807, 2.05) is 0 Å². The largest absolute Gasteiger partial charge is 0.330 e. The minimum Gasteiger partial charge on any atom is -0.330 e. The summed E-state index contributed by atoms with van der Waals surface area (Å²) in [5.74, 6) is 0.422. The van der Waals surface area contributed by atoms with Gasteiger partial charge in [0.15, 0.2) is 0 Å². The molecule has 1 rings (SSSR count). The second kappa shape index (κ2) is 5.24. The van der Waals surface area contributed by atoms with E-state index < -0.39 is 0 Å². The third-order valence-electron chi connectivity index (χ3n) is 2.84. The van der Waals surface area contributed by atoms with E-state index in [0.717, 1.165) is 5.56 Å². The molecule has 0 bridgehead atoms. The maximum Gasteiger partial charge on any atom is 0.123 e. The quantitative estimate of drug-likeness (QED) is 0.799. The first kappa shape index (κ1) is 12.1. The van der Waals surface area contributed by atoms with E-state index in [-0.39, 0.29) is 17.8 Å². The average Bonchev–Trinajstić information content (AvgIpc) is 2.19. The highest BCUT2D eigenvalue weighted by atomic mass is 19.1. The minimum absolute atomic E-state index is 0.115. The Morgan fingerprint density at radius 3 is 2.13 bits per heavy atom. The van der Waals surface area contributed by atoms with Crippen LogP contribution in [0.25, 0.3) is 0 Å². The SMILES string of the molecule is CC(C)C(CN)C(N)c1ccc(F)cc1. The molecule has 84 valence electrons. The molecule has 3 heteroatoms. The van der Waals surface area contributed by atoms with Crippen LogP contribution in [0.4, 0.5) is 4.39 Å². The molecule has 2 unspecified atom stereocenters. The van der Waals surface area contributed by atoms with Crippen molar-refractivity contribution in [2.45, 2.75) is 19.9 Å². The summed E-state index contributed by atoms with van der Waals surface area (Å²) in [7, 11) is 0. The third kappa shape index (κ3) is 3.01. The van der Waals surface area contributed by atoms with E-state index in [1.165, 1.54) is 12.1 Å². The number of rotatable bonds is 4. The van der Waals surface area contributed by atoms with E-state index in [0.29, 0.717) is 12.5 Å². The Bertz CT molecular complexity index is 295. The molecule has 0 aliphatic carbocycles. The lowest BCUT2D eigenvalue weighted by Gasteiger charge is -2.26. The molecule has 0 radical (unpaired) electrons. The number of hydrogen-bond donors (Lipinski definition) is 2. The molecule has 2 atom stereocenters. The summed E-state index contributed by atoms with van der Waals surface area (Å²) < 4.78 is 12.7. The predicted molar refractivity (Wildman–Crippen MR) is 60.7 cm³/mol. The van der Waals surface area contributed by atoms with Crippen LogP contribution in [0.1, 0.15) is 25.5 Å². The Morgan fingerprint density at radius 1 is 1.20 bits per heavy atom. The van der Waals surface area contributed by atoms with Crippen molar-refractivity contribution < 1.29 is 4.39 Å². The molecular formula is C12H19FN2. The Morgan fingerprint density at radius 2 is 1.73 bits per heavy atom. The van der Waals surface area contributed by atoms with Gasteiger partial charge in [0.1, 0.15) is 5.82 Å². The van der Waals surface area contributed by atoms with Crippen molar-refractivity contribution in [3.8, 4) is 0 Å². The fourth-order valence-corrected chi connectivity index (χ4v) is 1.77. The molecule has 1 aromatic rings. The highest BCUT2D eigenvalue weighted by Crippen LogP contribution is 2.25. The summed E-state index contributed by atoms with van der Waals surface area (Å²) in [4.78, 5) is 0. The zero-order valence-electron chi connectivity index (χ0n) is 9.28. The molecule has 0 fully saturated rings. The van der Waals surface area contributed by atoms with Gasteiger partial charge in [0.25, 0.3) is 0 Å². The number of hydrogen-bond acceptors (Lipinski definition) is 2. The van der Waals surface area contributed by atoms with Gasteiger partial charge in [0.2, 0.25) is 0 Å². The number of nitrogens with two attached hydrogens (primary N) is 2. The lowest BCUT2D eigenvalue weighted by atomic mass is 9.85. The number of benzene rings is 1. The maximum atomic E-state index is 12.7. The maximum absolute atomic E-state index is 12.7. The van der Waals surface area contributed by atoms with Crippen molar-refractivity contribution in [3.63, 3.8) is 0 Å². The standard InChI is InChI=1S/C12H19FN2/c1-8(2)11(7-14)12(15)9-3-5-10(13)6-4-9/h3-6,8,11-12H,7,14-15H2,1-2H3. The van der Waals surface area contributed by atoms with E-state index in [4.69, 9.17) is 11.5 Å². The smallest absolute Gasteiger partial charge is 0.123 e. The first-order valence-corrected chi connectivity index (χ1v) is 5.27. The monoisotopic (exact) mass is 210 g/mol. The summed E-state index contributed by atoms with van der Waals surface area (Å²) in [5.41, 5.74) is 12.7. The Balaban J connectivity index is 2.82. The molecular weight excluding hydrogens is 191 g/mol. The van der Waals surface area contributed by atoms with Gasteiger partial charge in [0, 0.05) is 6.04 Å². The van der Waals surface area contributed by atoms with Crippen LogP contribution in [-0.4, -0.2) is 6.54 Å². The highest BCUT2D eigenvalue weighted by Gasteiger charge is 2.21. The molecule has 0 heterocycles. The summed E-state index contributed by atoms with van der Waals surface area (Å²) in [6.45, 7) is 4.75. The molecule has 0 aromatic heterocycles. The van der Waals surface area contributed by atoms with Crippen LogP contribution in [0.15, 0.2) is 24.3 Å². The molecule has 0 saturated heterocycles. The molecule has 2 nitrogen and oxygen atoms in total. The van der Waals surface area contributed by atoms with Gasteiger partial charge in [-0.3, -0.25) is 0 Å². The Kier molecular flexibility index (Phi) is 4.24. The second-order valence-electron chi connectivity index (χ2n) is 4.22.